The number of rotatable bonds is 5. The smallest absolute Gasteiger partial charge is 0.422 e. The molecule has 0 radical (unpaired) electrons. The van der Waals surface area contributed by atoms with Crippen molar-refractivity contribution in [3.05, 3.63) is 29.8 Å². The predicted octanol–water partition coefficient (Wildman–Crippen LogP) is 2.32. The molecule has 1 rings (SSSR count). The van der Waals surface area contributed by atoms with Gasteiger partial charge < -0.3 is 14.8 Å². The molecule has 1 atom stereocenters. The quantitative estimate of drug-likeness (QED) is 0.884. The van der Waals surface area contributed by atoms with Gasteiger partial charge >= 0.3 is 6.18 Å². The maximum absolute atomic E-state index is 13.3. The summed E-state index contributed by atoms with van der Waals surface area (Å²) in [5.41, 5.74) is -2.37. The summed E-state index contributed by atoms with van der Waals surface area (Å²) < 4.78 is 49.6. The fraction of sp³-hybridized carbons (Fsp3) is 0.500. The van der Waals surface area contributed by atoms with E-state index >= 15 is 0 Å². The number of benzene rings is 1. The molecule has 0 heterocycles. The van der Waals surface area contributed by atoms with Gasteiger partial charge in [0.15, 0.2) is 0 Å². The largest absolute Gasteiger partial charge is 0.497 e. The van der Waals surface area contributed by atoms with Crippen molar-refractivity contribution >= 4 is 0 Å². The van der Waals surface area contributed by atoms with E-state index in [1.54, 1.807) is 6.07 Å². The van der Waals surface area contributed by atoms with Gasteiger partial charge in [0.05, 0.1) is 7.11 Å². The Kier molecular flexibility index (Phi) is 4.59. The second-order valence-electron chi connectivity index (χ2n) is 3.79. The highest BCUT2D eigenvalue weighted by atomic mass is 19.4. The Hall–Kier alpha value is -1.27. The molecule has 0 bridgehead atoms. The first-order chi connectivity index (χ1) is 8.41. The van der Waals surface area contributed by atoms with Crippen LogP contribution in [-0.4, -0.2) is 34.0 Å². The molecule has 0 aromatic heterocycles. The van der Waals surface area contributed by atoms with E-state index in [4.69, 9.17) is 9.47 Å². The lowest BCUT2D eigenvalue weighted by atomic mass is 9.92. The number of nitrogens with one attached hydrogen (secondary N) is 1. The minimum atomic E-state index is -4.53. The van der Waals surface area contributed by atoms with Gasteiger partial charge in [-0.05, 0) is 24.7 Å². The van der Waals surface area contributed by atoms with E-state index in [0.717, 1.165) is 7.11 Å². The Morgan fingerprint density at radius 3 is 2.33 bits per heavy atom. The highest BCUT2D eigenvalue weighted by Gasteiger charge is 2.56. The maximum atomic E-state index is 13.3. The average molecular weight is 263 g/mol. The number of likely N-dealkylation sites (N-methyl/N-ethyl adjacent to an activating group) is 1. The highest BCUT2D eigenvalue weighted by Crippen LogP contribution is 2.42. The standard InChI is InChI=1S/C12H16F3NO2/c1-16-8-11(18-3,12(13,14)15)9-5-4-6-10(7-9)17-2/h4-7,16H,8H2,1-3H3. The lowest BCUT2D eigenvalue weighted by Crippen LogP contribution is -2.50. The number of methoxy groups -OCH3 is 2. The summed E-state index contributed by atoms with van der Waals surface area (Å²) in [5.74, 6) is 0.356. The number of halogens is 3. The van der Waals surface area contributed by atoms with Crippen molar-refractivity contribution in [1.82, 2.24) is 5.32 Å². The Balaban J connectivity index is 3.32. The van der Waals surface area contributed by atoms with Crippen molar-refractivity contribution in [3.63, 3.8) is 0 Å². The molecule has 1 N–H and O–H groups in total. The summed E-state index contributed by atoms with van der Waals surface area (Å²) in [5, 5.41) is 2.52. The summed E-state index contributed by atoms with van der Waals surface area (Å²) >= 11 is 0. The summed E-state index contributed by atoms with van der Waals surface area (Å²) in [4.78, 5) is 0. The van der Waals surface area contributed by atoms with Crippen LogP contribution in [0.5, 0.6) is 5.75 Å². The lowest BCUT2D eigenvalue weighted by Gasteiger charge is -2.34. The Morgan fingerprint density at radius 1 is 1.22 bits per heavy atom. The number of alkyl halides is 3. The molecule has 102 valence electrons. The van der Waals surface area contributed by atoms with Crippen LogP contribution in [0.15, 0.2) is 24.3 Å². The highest BCUT2D eigenvalue weighted by molar-refractivity contribution is 5.34. The monoisotopic (exact) mass is 263 g/mol. The van der Waals surface area contributed by atoms with Gasteiger partial charge in [-0.15, -0.1) is 0 Å². The van der Waals surface area contributed by atoms with Crippen LogP contribution in [0.2, 0.25) is 0 Å². The second kappa shape index (κ2) is 5.58. The van der Waals surface area contributed by atoms with E-state index in [-0.39, 0.29) is 12.1 Å². The molecule has 18 heavy (non-hydrogen) atoms. The van der Waals surface area contributed by atoms with Gasteiger partial charge in [0, 0.05) is 13.7 Å². The van der Waals surface area contributed by atoms with Crippen LogP contribution in [-0.2, 0) is 10.3 Å². The molecule has 3 nitrogen and oxygen atoms in total. The number of ether oxygens (including phenoxy) is 2. The van der Waals surface area contributed by atoms with Crippen molar-refractivity contribution in [2.45, 2.75) is 11.8 Å². The fourth-order valence-electron chi connectivity index (χ4n) is 1.79. The van der Waals surface area contributed by atoms with Crippen LogP contribution in [0.25, 0.3) is 0 Å². The van der Waals surface area contributed by atoms with Crippen molar-refractivity contribution in [1.29, 1.82) is 0 Å². The molecule has 1 aromatic carbocycles. The van der Waals surface area contributed by atoms with Gasteiger partial charge in [-0.1, -0.05) is 12.1 Å². The number of hydrogen-bond donors (Lipinski definition) is 1. The summed E-state index contributed by atoms with van der Waals surface area (Å²) in [6, 6.07) is 5.79. The molecule has 0 saturated carbocycles. The van der Waals surface area contributed by atoms with E-state index in [1.807, 2.05) is 0 Å². The van der Waals surface area contributed by atoms with Gasteiger partial charge in [0.2, 0.25) is 5.60 Å². The zero-order chi connectivity index (χ0) is 13.8. The van der Waals surface area contributed by atoms with Gasteiger partial charge in [-0.2, -0.15) is 13.2 Å². The topological polar surface area (TPSA) is 30.5 Å². The van der Waals surface area contributed by atoms with E-state index in [9.17, 15) is 13.2 Å². The summed E-state index contributed by atoms with van der Waals surface area (Å²) in [6.07, 6.45) is -4.53. The maximum Gasteiger partial charge on any atom is 0.422 e. The molecule has 1 unspecified atom stereocenters. The zero-order valence-electron chi connectivity index (χ0n) is 10.5. The van der Waals surface area contributed by atoms with E-state index in [2.05, 4.69) is 5.32 Å². The number of hydrogen-bond acceptors (Lipinski definition) is 3. The Bertz CT molecular complexity index is 395. The molecule has 0 aliphatic heterocycles. The third-order valence-electron chi connectivity index (χ3n) is 2.77. The molecule has 0 fully saturated rings. The second-order valence-corrected chi connectivity index (χ2v) is 3.79. The van der Waals surface area contributed by atoms with Crippen LogP contribution < -0.4 is 10.1 Å². The van der Waals surface area contributed by atoms with Crippen LogP contribution in [0.4, 0.5) is 13.2 Å². The molecule has 0 aliphatic rings. The Labute approximate surface area is 104 Å². The van der Waals surface area contributed by atoms with Crippen molar-refractivity contribution in [2.75, 3.05) is 27.8 Å². The van der Waals surface area contributed by atoms with E-state index < -0.39 is 11.8 Å². The molecule has 0 spiro atoms. The van der Waals surface area contributed by atoms with Gasteiger partial charge in [-0.3, -0.25) is 0 Å². The minimum Gasteiger partial charge on any atom is -0.497 e. The molecular weight excluding hydrogens is 247 g/mol. The molecule has 0 amide bonds. The third-order valence-corrected chi connectivity index (χ3v) is 2.77. The van der Waals surface area contributed by atoms with E-state index in [0.29, 0.717) is 5.75 Å². The van der Waals surface area contributed by atoms with Crippen molar-refractivity contribution < 1.29 is 22.6 Å². The van der Waals surface area contributed by atoms with Gasteiger partial charge in [0.1, 0.15) is 5.75 Å². The van der Waals surface area contributed by atoms with Crippen LogP contribution >= 0.6 is 0 Å². The fourth-order valence-corrected chi connectivity index (χ4v) is 1.79. The third kappa shape index (κ3) is 2.59. The van der Waals surface area contributed by atoms with Crippen molar-refractivity contribution in [2.24, 2.45) is 0 Å². The van der Waals surface area contributed by atoms with E-state index in [1.165, 1.54) is 32.4 Å². The van der Waals surface area contributed by atoms with Crippen molar-refractivity contribution in [3.8, 4) is 5.75 Å². The molecular formula is C12H16F3NO2. The van der Waals surface area contributed by atoms with Crippen LogP contribution in [0.1, 0.15) is 5.56 Å². The van der Waals surface area contributed by atoms with Crippen LogP contribution in [0, 0.1) is 0 Å². The summed E-state index contributed by atoms with van der Waals surface area (Å²) in [7, 11) is 3.89. The molecule has 0 aliphatic carbocycles. The molecule has 6 heteroatoms. The van der Waals surface area contributed by atoms with Gasteiger partial charge in [0.25, 0.3) is 0 Å². The first-order valence-corrected chi connectivity index (χ1v) is 5.32. The normalized spacial score (nSPS) is 15.2. The molecule has 1 aromatic rings. The predicted molar refractivity (Wildman–Crippen MR) is 61.7 cm³/mol. The summed E-state index contributed by atoms with van der Waals surface area (Å²) in [6.45, 7) is -0.375. The average Bonchev–Trinajstić information content (AvgIpc) is 2.34. The van der Waals surface area contributed by atoms with Gasteiger partial charge in [-0.25, -0.2) is 0 Å². The minimum absolute atomic E-state index is 0.00574. The lowest BCUT2D eigenvalue weighted by molar-refractivity contribution is -0.274. The molecule has 0 saturated heterocycles. The Morgan fingerprint density at radius 2 is 1.89 bits per heavy atom. The SMILES string of the molecule is CNCC(OC)(c1cccc(OC)c1)C(F)(F)F. The first kappa shape index (κ1) is 14.8. The first-order valence-electron chi connectivity index (χ1n) is 5.32. The van der Waals surface area contributed by atoms with Crippen LogP contribution in [0.3, 0.4) is 0 Å². The zero-order valence-corrected chi connectivity index (χ0v) is 10.5.